The minimum absolute atomic E-state index is 0.0747. The normalized spacial score (nSPS) is 10.7. The first-order valence-electron chi connectivity index (χ1n) is 8.23. The zero-order chi connectivity index (χ0) is 20.1. The Bertz CT molecular complexity index is 759. The van der Waals surface area contributed by atoms with Gasteiger partial charge in [0.15, 0.2) is 0 Å². The van der Waals surface area contributed by atoms with E-state index in [1.165, 1.54) is 4.90 Å². The van der Waals surface area contributed by atoms with Crippen LogP contribution in [0.1, 0.15) is 44.4 Å². The second kappa shape index (κ2) is 8.73. The van der Waals surface area contributed by atoms with Gasteiger partial charge in [0.05, 0.1) is 11.1 Å². The molecule has 0 spiro atoms. The molecule has 0 saturated carbocycles. The third-order valence-electron chi connectivity index (χ3n) is 3.65. The molecular formula is C18H24ClN5O2. The third-order valence-corrected chi connectivity index (χ3v) is 3.93. The van der Waals surface area contributed by atoms with E-state index in [0.717, 1.165) is 0 Å². The second-order valence-electron chi connectivity index (χ2n) is 6.86. The predicted molar refractivity (Wildman–Crippen MR) is 100 cm³/mol. The van der Waals surface area contributed by atoms with E-state index < -0.39 is 11.7 Å². The summed E-state index contributed by atoms with van der Waals surface area (Å²) in [5, 5.41) is 18.9. The van der Waals surface area contributed by atoms with Crippen molar-refractivity contribution in [2.75, 3.05) is 32.1 Å². The fraction of sp³-hybridized carbons (Fsp3) is 0.556. The Morgan fingerprint density at radius 1 is 1.19 bits per heavy atom. The molecule has 1 rings (SSSR count). The highest BCUT2D eigenvalue weighted by Crippen LogP contribution is 2.28. The Morgan fingerprint density at radius 3 is 2.23 bits per heavy atom. The summed E-state index contributed by atoms with van der Waals surface area (Å²) in [5.41, 5.74) is 0.575. The summed E-state index contributed by atoms with van der Waals surface area (Å²) in [7, 11) is 3.40. The minimum atomic E-state index is -0.566. The van der Waals surface area contributed by atoms with E-state index in [9.17, 15) is 15.3 Å². The van der Waals surface area contributed by atoms with Gasteiger partial charge in [-0.05, 0) is 32.8 Å². The predicted octanol–water partition coefficient (Wildman–Crippen LogP) is 3.34. The molecule has 1 aromatic rings. The topological polar surface area (TPSA) is 93.2 Å². The largest absolute Gasteiger partial charge is 0.444 e. The van der Waals surface area contributed by atoms with Crippen LogP contribution in [0.25, 0.3) is 0 Å². The lowest BCUT2D eigenvalue weighted by atomic mass is 10.0. The van der Waals surface area contributed by atoms with Gasteiger partial charge in [0.2, 0.25) is 0 Å². The summed E-state index contributed by atoms with van der Waals surface area (Å²) in [6.07, 6.45) is 0.0682. The molecule has 26 heavy (non-hydrogen) atoms. The van der Waals surface area contributed by atoms with Gasteiger partial charge in [-0.1, -0.05) is 18.5 Å². The lowest BCUT2D eigenvalue weighted by Crippen LogP contribution is -2.38. The molecule has 0 fully saturated rings. The van der Waals surface area contributed by atoms with Crippen LogP contribution in [0.15, 0.2) is 0 Å². The van der Waals surface area contributed by atoms with E-state index >= 15 is 0 Å². The summed E-state index contributed by atoms with van der Waals surface area (Å²) in [4.78, 5) is 19.4. The maximum absolute atomic E-state index is 12.0. The van der Waals surface area contributed by atoms with Crippen molar-refractivity contribution in [3.05, 3.63) is 21.8 Å². The van der Waals surface area contributed by atoms with Crippen LogP contribution < -0.4 is 4.90 Å². The number of pyridine rings is 1. The van der Waals surface area contributed by atoms with Gasteiger partial charge in [-0.25, -0.2) is 9.78 Å². The first-order valence-corrected chi connectivity index (χ1v) is 8.61. The Labute approximate surface area is 159 Å². The van der Waals surface area contributed by atoms with Crippen molar-refractivity contribution in [1.82, 2.24) is 9.88 Å². The van der Waals surface area contributed by atoms with Crippen molar-refractivity contribution in [3.8, 4) is 12.1 Å². The number of halogens is 1. The molecule has 0 N–H and O–H groups in total. The lowest BCUT2D eigenvalue weighted by molar-refractivity contribution is 0.0303. The van der Waals surface area contributed by atoms with Gasteiger partial charge < -0.3 is 14.5 Å². The molecule has 0 saturated heterocycles. The maximum atomic E-state index is 12.0. The van der Waals surface area contributed by atoms with Gasteiger partial charge in [0.25, 0.3) is 0 Å². The molecule has 0 aromatic carbocycles. The van der Waals surface area contributed by atoms with Crippen molar-refractivity contribution in [2.45, 2.75) is 39.7 Å². The quantitative estimate of drug-likeness (QED) is 0.730. The van der Waals surface area contributed by atoms with Crippen LogP contribution >= 0.6 is 11.6 Å². The number of carbonyl (C=O) groups is 1. The van der Waals surface area contributed by atoms with Crippen molar-refractivity contribution in [2.24, 2.45) is 0 Å². The molecule has 0 aliphatic rings. The number of anilines is 1. The van der Waals surface area contributed by atoms with E-state index in [0.29, 0.717) is 36.5 Å². The number of amides is 1. The van der Waals surface area contributed by atoms with Crippen molar-refractivity contribution in [1.29, 1.82) is 10.5 Å². The summed E-state index contributed by atoms with van der Waals surface area (Å²) >= 11 is 6.12. The summed E-state index contributed by atoms with van der Waals surface area (Å²) < 4.78 is 5.31. The Kier molecular flexibility index (Phi) is 7.23. The monoisotopic (exact) mass is 377 g/mol. The average molecular weight is 378 g/mol. The zero-order valence-electron chi connectivity index (χ0n) is 16.1. The summed E-state index contributed by atoms with van der Waals surface area (Å²) in [6.45, 7) is 8.06. The SMILES string of the molecule is CCc1c(C#N)c(Cl)nc(N(C)CCN(C)C(=O)OC(C)(C)C)c1C#N. The number of hydrogen-bond acceptors (Lipinski definition) is 6. The molecule has 0 bridgehead atoms. The fourth-order valence-electron chi connectivity index (χ4n) is 2.29. The molecule has 1 aromatic heterocycles. The number of aromatic nitrogens is 1. The zero-order valence-corrected chi connectivity index (χ0v) is 16.8. The average Bonchev–Trinajstić information content (AvgIpc) is 2.56. The Hall–Kier alpha value is -2.51. The van der Waals surface area contributed by atoms with E-state index in [4.69, 9.17) is 16.3 Å². The number of likely N-dealkylation sites (N-methyl/N-ethyl adjacent to an activating group) is 2. The first kappa shape index (κ1) is 21.5. The molecular weight excluding hydrogens is 354 g/mol. The molecule has 1 amide bonds. The number of nitriles is 2. The molecule has 1 heterocycles. The van der Waals surface area contributed by atoms with Gasteiger partial charge in [-0.15, -0.1) is 0 Å². The number of hydrogen-bond donors (Lipinski definition) is 0. The van der Waals surface area contributed by atoms with Crippen LogP contribution in [-0.2, 0) is 11.2 Å². The molecule has 7 nitrogen and oxygen atoms in total. The third kappa shape index (κ3) is 5.24. The lowest BCUT2D eigenvalue weighted by Gasteiger charge is -2.27. The molecule has 0 atom stereocenters. The van der Waals surface area contributed by atoms with Crippen LogP contribution in [0, 0.1) is 22.7 Å². The van der Waals surface area contributed by atoms with Gasteiger partial charge >= 0.3 is 6.09 Å². The molecule has 8 heteroatoms. The Balaban J connectivity index is 3.00. The van der Waals surface area contributed by atoms with Crippen LogP contribution in [0.2, 0.25) is 5.15 Å². The Morgan fingerprint density at radius 2 is 1.77 bits per heavy atom. The van der Waals surface area contributed by atoms with Crippen molar-refractivity contribution < 1.29 is 9.53 Å². The number of carbonyl (C=O) groups excluding carboxylic acids is 1. The molecule has 140 valence electrons. The number of rotatable bonds is 5. The van der Waals surface area contributed by atoms with Gasteiger partial charge in [-0.2, -0.15) is 10.5 Å². The highest BCUT2D eigenvalue weighted by Gasteiger charge is 2.22. The van der Waals surface area contributed by atoms with E-state index in [2.05, 4.69) is 11.1 Å². The number of nitrogens with zero attached hydrogens (tertiary/aromatic N) is 5. The smallest absolute Gasteiger partial charge is 0.410 e. The summed E-state index contributed by atoms with van der Waals surface area (Å²) in [5.74, 6) is 0.394. The highest BCUT2D eigenvalue weighted by atomic mass is 35.5. The first-order chi connectivity index (χ1) is 12.1. The van der Waals surface area contributed by atoms with Crippen LogP contribution in [0.5, 0.6) is 0 Å². The molecule has 0 radical (unpaired) electrons. The fourth-order valence-corrected chi connectivity index (χ4v) is 2.52. The second-order valence-corrected chi connectivity index (χ2v) is 7.21. The maximum Gasteiger partial charge on any atom is 0.410 e. The molecule has 0 aliphatic heterocycles. The van der Waals surface area contributed by atoms with E-state index in [1.54, 1.807) is 39.8 Å². The molecule has 0 aliphatic carbocycles. The van der Waals surface area contributed by atoms with Gasteiger partial charge in [-0.3, -0.25) is 0 Å². The van der Waals surface area contributed by atoms with E-state index in [1.807, 2.05) is 13.0 Å². The number of ether oxygens (including phenoxy) is 1. The van der Waals surface area contributed by atoms with Gasteiger partial charge in [0, 0.05) is 27.2 Å². The van der Waals surface area contributed by atoms with Crippen molar-refractivity contribution in [3.63, 3.8) is 0 Å². The highest BCUT2D eigenvalue weighted by molar-refractivity contribution is 6.30. The van der Waals surface area contributed by atoms with E-state index in [-0.39, 0.29) is 10.7 Å². The van der Waals surface area contributed by atoms with Crippen molar-refractivity contribution >= 4 is 23.5 Å². The molecule has 0 unspecified atom stereocenters. The summed E-state index contributed by atoms with van der Waals surface area (Å²) in [6, 6.07) is 4.13. The van der Waals surface area contributed by atoms with Gasteiger partial charge in [0.1, 0.15) is 28.7 Å². The van der Waals surface area contributed by atoms with Crippen LogP contribution in [-0.4, -0.2) is 48.8 Å². The minimum Gasteiger partial charge on any atom is -0.444 e. The van der Waals surface area contributed by atoms with Crippen LogP contribution in [0.4, 0.5) is 10.6 Å². The standard InChI is InChI=1S/C18H24ClN5O2/c1-7-12-13(10-20)15(19)22-16(14(12)11-21)23(5)8-9-24(6)17(25)26-18(2,3)4/h7-9H2,1-6H3. The van der Waals surface area contributed by atoms with Crippen LogP contribution in [0.3, 0.4) is 0 Å².